The quantitative estimate of drug-likeness (QED) is 0.291. The van der Waals surface area contributed by atoms with Crippen LogP contribution in [0.1, 0.15) is 45.1 Å². The van der Waals surface area contributed by atoms with E-state index < -0.39 is 0 Å². The Hall–Kier alpha value is -2.57. The molecule has 0 spiro atoms. The van der Waals surface area contributed by atoms with Gasteiger partial charge in [-0.15, -0.1) is 0 Å². The van der Waals surface area contributed by atoms with Crippen LogP contribution in [-0.4, -0.2) is 50.0 Å². The molecule has 6 N–H and O–H groups in total. The molecule has 1 aliphatic carbocycles. The van der Waals surface area contributed by atoms with Crippen molar-refractivity contribution in [3.63, 3.8) is 0 Å². The molecule has 0 radical (unpaired) electrons. The molecular formula is C26H44N6. The smallest absolute Gasteiger partial charge is 0.122 e. The summed E-state index contributed by atoms with van der Waals surface area (Å²) in [5.41, 5.74) is 14.0. The van der Waals surface area contributed by atoms with Crippen LogP contribution >= 0.6 is 0 Å². The number of aliphatic imine (C=N–C) groups is 1. The minimum absolute atomic E-state index is 0.334. The molecule has 0 bridgehead atoms. The van der Waals surface area contributed by atoms with Crippen molar-refractivity contribution >= 4 is 16.7 Å². The van der Waals surface area contributed by atoms with Crippen LogP contribution in [0.5, 0.6) is 0 Å². The Morgan fingerprint density at radius 2 is 2.00 bits per heavy atom. The molecule has 0 aliphatic heterocycles. The molecule has 1 fully saturated rings. The summed E-state index contributed by atoms with van der Waals surface area (Å²) in [6, 6.07) is 8.50. The summed E-state index contributed by atoms with van der Waals surface area (Å²) in [5.74, 6) is 1.77. The van der Waals surface area contributed by atoms with Crippen molar-refractivity contribution < 1.29 is 0 Å². The van der Waals surface area contributed by atoms with Gasteiger partial charge < -0.3 is 26.7 Å². The van der Waals surface area contributed by atoms with Gasteiger partial charge in [0.15, 0.2) is 0 Å². The number of hydrogen-bond donors (Lipinski definition) is 4. The first-order valence-electron chi connectivity index (χ1n) is 11.6. The van der Waals surface area contributed by atoms with Crippen molar-refractivity contribution in [3.05, 3.63) is 60.0 Å². The normalized spacial score (nSPS) is 15.4. The molecule has 1 atom stereocenters. The highest BCUT2D eigenvalue weighted by Gasteiger charge is 2.20. The Balaban J connectivity index is 0.000000331. The van der Waals surface area contributed by atoms with Crippen LogP contribution in [0.4, 0.5) is 0 Å². The summed E-state index contributed by atoms with van der Waals surface area (Å²) in [7, 11) is 7.35. The molecule has 1 aromatic heterocycles. The second-order valence-corrected chi connectivity index (χ2v) is 8.10. The number of H-pyrrole nitrogens is 1. The maximum absolute atomic E-state index is 5.56. The van der Waals surface area contributed by atoms with Gasteiger partial charge in [-0.05, 0) is 62.9 Å². The Morgan fingerprint density at radius 3 is 2.53 bits per heavy atom. The van der Waals surface area contributed by atoms with E-state index in [1.165, 1.54) is 43.7 Å². The van der Waals surface area contributed by atoms with E-state index >= 15 is 0 Å². The SMILES string of the molecule is CC/C(=C\C(C)NC(/C=C\N(C)C)=NC)C1CCC1.CN.NCc1cccc2[nH]ccc12. The van der Waals surface area contributed by atoms with E-state index in [0.29, 0.717) is 12.6 Å². The number of hydrogen-bond acceptors (Lipinski definition) is 4. The molecule has 1 saturated carbocycles. The summed E-state index contributed by atoms with van der Waals surface area (Å²) in [4.78, 5) is 9.43. The van der Waals surface area contributed by atoms with Gasteiger partial charge in [-0.25, -0.2) is 0 Å². The van der Waals surface area contributed by atoms with E-state index in [1.54, 1.807) is 5.57 Å². The molecular weight excluding hydrogens is 396 g/mol. The van der Waals surface area contributed by atoms with Crippen molar-refractivity contribution in [2.45, 2.75) is 52.1 Å². The average Bonchev–Trinajstić information content (AvgIpc) is 3.25. The van der Waals surface area contributed by atoms with Crippen LogP contribution in [-0.2, 0) is 6.54 Å². The third-order valence-corrected chi connectivity index (χ3v) is 5.55. The lowest BCUT2D eigenvalue weighted by Crippen LogP contribution is -2.31. The number of nitrogens with zero attached hydrogens (tertiary/aromatic N) is 2. The van der Waals surface area contributed by atoms with E-state index in [4.69, 9.17) is 5.73 Å². The number of nitrogens with one attached hydrogen (secondary N) is 2. The van der Waals surface area contributed by atoms with Crippen LogP contribution in [0, 0.1) is 5.92 Å². The van der Waals surface area contributed by atoms with E-state index in [2.05, 4.69) is 59.1 Å². The highest BCUT2D eigenvalue weighted by molar-refractivity contribution is 5.93. The number of aromatic nitrogens is 1. The molecule has 1 unspecified atom stereocenters. The largest absolute Gasteiger partial charge is 0.383 e. The molecule has 0 saturated heterocycles. The molecule has 32 heavy (non-hydrogen) atoms. The highest BCUT2D eigenvalue weighted by Crippen LogP contribution is 2.34. The summed E-state index contributed by atoms with van der Waals surface area (Å²) >= 11 is 0. The lowest BCUT2D eigenvalue weighted by molar-refractivity contribution is 0.359. The molecule has 1 aromatic carbocycles. The molecule has 6 nitrogen and oxygen atoms in total. The fourth-order valence-electron chi connectivity index (χ4n) is 3.65. The number of amidine groups is 1. The molecule has 178 valence electrons. The number of benzene rings is 1. The third-order valence-electron chi connectivity index (χ3n) is 5.55. The molecule has 1 heterocycles. The average molecular weight is 441 g/mol. The zero-order valence-corrected chi connectivity index (χ0v) is 20.9. The van der Waals surface area contributed by atoms with Gasteiger partial charge in [-0.2, -0.15) is 0 Å². The highest BCUT2D eigenvalue weighted by atomic mass is 15.0. The lowest BCUT2D eigenvalue weighted by Gasteiger charge is -2.29. The van der Waals surface area contributed by atoms with Crippen LogP contribution in [0.2, 0.25) is 0 Å². The Kier molecular flexibility index (Phi) is 13.1. The maximum atomic E-state index is 5.56. The van der Waals surface area contributed by atoms with Crippen molar-refractivity contribution in [3.8, 4) is 0 Å². The fourth-order valence-corrected chi connectivity index (χ4v) is 3.65. The molecule has 6 heteroatoms. The molecule has 1 aliphatic rings. The van der Waals surface area contributed by atoms with Gasteiger partial charge in [-0.1, -0.05) is 37.1 Å². The van der Waals surface area contributed by atoms with E-state index in [0.717, 1.165) is 17.3 Å². The van der Waals surface area contributed by atoms with Gasteiger partial charge in [0.2, 0.25) is 0 Å². The third kappa shape index (κ3) is 8.89. The number of allylic oxidation sites excluding steroid dienone is 1. The molecule has 3 rings (SSSR count). The van der Waals surface area contributed by atoms with E-state index in [-0.39, 0.29) is 0 Å². The number of rotatable bonds is 7. The fraction of sp³-hybridized carbons (Fsp3) is 0.500. The Labute approximate surface area is 194 Å². The Morgan fingerprint density at radius 1 is 1.28 bits per heavy atom. The predicted molar refractivity (Wildman–Crippen MR) is 141 cm³/mol. The van der Waals surface area contributed by atoms with Gasteiger partial charge in [-0.3, -0.25) is 4.99 Å². The van der Waals surface area contributed by atoms with E-state index in [9.17, 15) is 0 Å². The second-order valence-electron chi connectivity index (χ2n) is 8.10. The predicted octanol–water partition coefficient (Wildman–Crippen LogP) is 4.41. The standard InChI is InChI=1S/C16H29N3.C9H10N2.CH5N/c1-6-14(15-8-7-9-15)12-13(2)18-16(17-3)10-11-19(4)5;10-6-7-2-1-3-9-8(7)4-5-11-9;1-2/h10-13,15H,6-9H2,1-5H3,(H,17,18);1-5,11H,6,10H2;2H2,1H3/b11-10-,14-12+;;. The van der Waals surface area contributed by atoms with Crippen LogP contribution in [0.3, 0.4) is 0 Å². The van der Waals surface area contributed by atoms with Crippen molar-refractivity contribution in [2.24, 2.45) is 22.4 Å². The van der Waals surface area contributed by atoms with Crippen LogP contribution < -0.4 is 16.8 Å². The van der Waals surface area contributed by atoms with Crippen molar-refractivity contribution in [1.29, 1.82) is 0 Å². The van der Waals surface area contributed by atoms with E-state index in [1.807, 2.05) is 50.6 Å². The monoisotopic (exact) mass is 440 g/mol. The van der Waals surface area contributed by atoms with Gasteiger partial charge in [0.05, 0.1) is 0 Å². The zero-order valence-electron chi connectivity index (χ0n) is 20.9. The van der Waals surface area contributed by atoms with Crippen LogP contribution in [0.25, 0.3) is 10.9 Å². The van der Waals surface area contributed by atoms with Gasteiger partial charge in [0.1, 0.15) is 5.84 Å². The van der Waals surface area contributed by atoms with Gasteiger partial charge in [0.25, 0.3) is 0 Å². The number of fused-ring (bicyclic) bond motifs is 1. The summed E-state index contributed by atoms with van der Waals surface area (Å²) in [6.07, 6.45) is 13.7. The minimum Gasteiger partial charge on any atom is -0.383 e. The summed E-state index contributed by atoms with van der Waals surface area (Å²) in [6.45, 7) is 5.07. The first-order valence-corrected chi connectivity index (χ1v) is 11.6. The first-order chi connectivity index (χ1) is 15.5. The maximum Gasteiger partial charge on any atom is 0.122 e. The lowest BCUT2D eigenvalue weighted by atomic mass is 9.78. The first kappa shape index (κ1) is 27.5. The second kappa shape index (κ2) is 15.3. The minimum atomic E-state index is 0.334. The van der Waals surface area contributed by atoms with Crippen LogP contribution in [0.15, 0.2) is 59.4 Å². The van der Waals surface area contributed by atoms with Gasteiger partial charge in [0, 0.05) is 57.0 Å². The molecule has 2 aromatic rings. The zero-order chi connectivity index (χ0) is 23.9. The Bertz CT molecular complexity index is 858. The van der Waals surface area contributed by atoms with Gasteiger partial charge >= 0.3 is 0 Å². The number of aromatic amines is 1. The number of nitrogens with two attached hydrogens (primary N) is 2. The van der Waals surface area contributed by atoms with Crippen molar-refractivity contribution in [2.75, 3.05) is 28.2 Å². The summed E-state index contributed by atoms with van der Waals surface area (Å²) in [5, 5.41) is 4.68. The topological polar surface area (TPSA) is 95.5 Å². The van der Waals surface area contributed by atoms with Crippen molar-refractivity contribution in [1.82, 2.24) is 15.2 Å². The molecule has 0 amide bonds. The summed E-state index contributed by atoms with van der Waals surface area (Å²) < 4.78 is 0.